The van der Waals surface area contributed by atoms with E-state index in [0.29, 0.717) is 37.8 Å². The van der Waals surface area contributed by atoms with Crippen LogP contribution in [0.5, 0.6) is 11.5 Å². The summed E-state index contributed by atoms with van der Waals surface area (Å²) in [7, 11) is 0. The first kappa shape index (κ1) is 25.4. The zero-order chi connectivity index (χ0) is 23.0. The molecule has 1 aliphatic rings. The van der Waals surface area contributed by atoms with Crippen LogP contribution in [0.4, 0.5) is 5.69 Å². The summed E-state index contributed by atoms with van der Waals surface area (Å²) in [6.07, 6.45) is 0.858. The second-order valence-electron chi connectivity index (χ2n) is 7.84. The number of aryl methyl sites for hydroxylation is 1. The van der Waals surface area contributed by atoms with Gasteiger partial charge in [0, 0.05) is 30.3 Å². The second kappa shape index (κ2) is 12.3. The van der Waals surface area contributed by atoms with Gasteiger partial charge in [-0.25, -0.2) is 4.99 Å². The smallest absolute Gasteiger partial charge is 0.248 e. The summed E-state index contributed by atoms with van der Waals surface area (Å²) in [5.41, 5.74) is 10.0. The van der Waals surface area contributed by atoms with Crippen LogP contribution in [0.1, 0.15) is 33.5 Å². The Balaban J connectivity index is 0.00000324. The number of guanidine groups is 1. The minimum atomic E-state index is -0.443. The Morgan fingerprint density at radius 2 is 1.74 bits per heavy atom. The van der Waals surface area contributed by atoms with E-state index in [4.69, 9.17) is 20.2 Å². The van der Waals surface area contributed by atoms with Crippen LogP contribution < -0.4 is 25.8 Å². The zero-order valence-corrected chi connectivity index (χ0v) is 21.4. The summed E-state index contributed by atoms with van der Waals surface area (Å²) < 4.78 is 11.5. The van der Waals surface area contributed by atoms with E-state index in [-0.39, 0.29) is 24.0 Å². The Kier molecular flexibility index (Phi) is 9.15. The molecule has 0 saturated carbocycles. The summed E-state index contributed by atoms with van der Waals surface area (Å²) in [5.74, 6) is 1.66. The Hall–Kier alpha value is -3.27. The molecule has 34 heavy (non-hydrogen) atoms. The number of hydrogen-bond acceptors (Lipinski definition) is 4. The molecule has 0 aromatic heterocycles. The van der Waals surface area contributed by atoms with Gasteiger partial charge in [0.1, 0.15) is 0 Å². The Morgan fingerprint density at radius 3 is 2.47 bits per heavy atom. The third-order valence-electron chi connectivity index (χ3n) is 5.38. The number of hydrogen-bond donors (Lipinski definition) is 3. The lowest BCUT2D eigenvalue weighted by Crippen LogP contribution is -2.30. The number of carbonyl (C=O) groups excluding carboxylic acids is 1. The number of rotatable bonds is 6. The first-order chi connectivity index (χ1) is 16.1. The van der Waals surface area contributed by atoms with Crippen LogP contribution in [0.3, 0.4) is 0 Å². The van der Waals surface area contributed by atoms with E-state index < -0.39 is 5.91 Å². The molecule has 8 heteroatoms. The van der Waals surface area contributed by atoms with Gasteiger partial charge in [-0.05, 0) is 47.9 Å². The van der Waals surface area contributed by atoms with Crippen molar-refractivity contribution in [3.8, 4) is 11.5 Å². The van der Waals surface area contributed by atoms with Gasteiger partial charge in [-0.3, -0.25) is 4.79 Å². The van der Waals surface area contributed by atoms with E-state index >= 15 is 0 Å². The predicted octanol–water partition coefficient (Wildman–Crippen LogP) is 4.63. The molecule has 0 radical (unpaired) electrons. The number of nitrogens with two attached hydrogens (primary N) is 1. The van der Waals surface area contributed by atoms with Gasteiger partial charge in [0.05, 0.1) is 19.8 Å². The van der Waals surface area contributed by atoms with Gasteiger partial charge in [-0.15, -0.1) is 24.0 Å². The molecule has 0 aliphatic carbocycles. The van der Waals surface area contributed by atoms with Crippen molar-refractivity contribution in [2.45, 2.75) is 26.4 Å². The monoisotopic (exact) mass is 572 g/mol. The van der Waals surface area contributed by atoms with E-state index in [2.05, 4.69) is 29.7 Å². The number of carbonyl (C=O) groups is 1. The summed E-state index contributed by atoms with van der Waals surface area (Å²) in [6.45, 7) is 4.44. The summed E-state index contributed by atoms with van der Waals surface area (Å²) in [6, 6.07) is 21.2. The maximum Gasteiger partial charge on any atom is 0.248 e. The van der Waals surface area contributed by atoms with Crippen molar-refractivity contribution < 1.29 is 14.3 Å². The van der Waals surface area contributed by atoms with Crippen molar-refractivity contribution in [3.05, 3.63) is 89.0 Å². The van der Waals surface area contributed by atoms with Crippen LogP contribution in [0.25, 0.3) is 0 Å². The molecule has 4 N–H and O–H groups in total. The number of nitrogens with zero attached hydrogens (tertiary/aromatic N) is 1. The van der Waals surface area contributed by atoms with Crippen molar-refractivity contribution in [2.75, 3.05) is 18.5 Å². The van der Waals surface area contributed by atoms with Gasteiger partial charge < -0.3 is 25.8 Å². The molecule has 4 rings (SSSR count). The van der Waals surface area contributed by atoms with Crippen molar-refractivity contribution in [1.82, 2.24) is 5.32 Å². The molecule has 0 saturated heterocycles. The van der Waals surface area contributed by atoms with Gasteiger partial charge in [0.2, 0.25) is 5.91 Å². The molecule has 1 aliphatic heterocycles. The highest BCUT2D eigenvalue weighted by molar-refractivity contribution is 14.0. The average molecular weight is 572 g/mol. The Morgan fingerprint density at radius 1 is 1.00 bits per heavy atom. The highest BCUT2D eigenvalue weighted by atomic mass is 127. The molecular formula is C26H29IN4O3. The quantitative estimate of drug-likeness (QED) is 0.227. The first-order valence-corrected chi connectivity index (χ1v) is 11.0. The summed E-state index contributed by atoms with van der Waals surface area (Å²) in [4.78, 5) is 16.1. The van der Waals surface area contributed by atoms with Gasteiger partial charge in [-0.1, -0.05) is 36.4 Å². The van der Waals surface area contributed by atoms with Crippen molar-refractivity contribution >= 4 is 41.5 Å². The van der Waals surface area contributed by atoms with Gasteiger partial charge >= 0.3 is 0 Å². The number of halogens is 1. The number of anilines is 1. The fourth-order valence-corrected chi connectivity index (χ4v) is 3.45. The SMILES string of the molecule is Cc1ccccc1CNC(=NCc1ccc(C(N)=O)cc1)Nc1ccc2c(c1)OCCCO2.I. The largest absolute Gasteiger partial charge is 0.490 e. The molecule has 7 nitrogen and oxygen atoms in total. The lowest BCUT2D eigenvalue weighted by atomic mass is 10.1. The molecule has 0 unspecified atom stereocenters. The molecule has 0 atom stereocenters. The van der Waals surface area contributed by atoms with E-state index in [0.717, 1.165) is 29.2 Å². The van der Waals surface area contributed by atoms with Crippen LogP contribution in [-0.4, -0.2) is 25.1 Å². The fourth-order valence-electron chi connectivity index (χ4n) is 3.45. The Bertz CT molecular complexity index is 1150. The highest BCUT2D eigenvalue weighted by Gasteiger charge is 2.12. The summed E-state index contributed by atoms with van der Waals surface area (Å²) in [5, 5.41) is 6.78. The minimum Gasteiger partial charge on any atom is -0.490 e. The second-order valence-corrected chi connectivity index (χ2v) is 7.84. The van der Waals surface area contributed by atoms with E-state index in [9.17, 15) is 4.79 Å². The molecule has 3 aromatic rings. The number of amides is 1. The Labute approximate surface area is 216 Å². The van der Waals surface area contributed by atoms with Gasteiger partial charge in [0.25, 0.3) is 0 Å². The highest BCUT2D eigenvalue weighted by Crippen LogP contribution is 2.32. The minimum absolute atomic E-state index is 0. The molecule has 178 valence electrons. The molecule has 0 spiro atoms. The van der Waals surface area contributed by atoms with Crippen LogP contribution in [0.2, 0.25) is 0 Å². The third kappa shape index (κ3) is 6.86. The number of primary amides is 1. The standard InChI is InChI=1S/C26H28N4O3.HI/c1-18-5-2-3-6-21(18)17-29-26(28-16-19-7-9-20(10-8-19)25(27)31)30-22-11-12-23-24(15-22)33-14-4-13-32-23;/h2-3,5-12,15H,4,13-14,16-17H2,1H3,(H2,27,31)(H2,28,29,30);1H. The van der Waals surface area contributed by atoms with Crippen LogP contribution in [0, 0.1) is 6.92 Å². The molecule has 1 heterocycles. The lowest BCUT2D eigenvalue weighted by Gasteiger charge is -2.15. The maximum absolute atomic E-state index is 11.3. The lowest BCUT2D eigenvalue weighted by molar-refractivity contribution is 0.100. The molecule has 1 amide bonds. The van der Waals surface area contributed by atoms with Crippen molar-refractivity contribution in [3.63, 3.8) is 0 Å². The maximum atomic E-state index is 11.3. The van der Waals surface area contributed by atoms with Crippen molar-refractivity contribution in [2.24, 2.45) is 10.7 Å². The fraction of sp³-hybridized carbons (Fsp3) is 0.231. The van der Waals surface area contributed by atoms with Crippen LogP contribution in [0.15, 0.2) is 71.7 Å². The van der Waals surface area contributed by atoms with Crippen LogP contribution >= 0.6 is 24.0 Å². The van der Waals surface area contributed by atoms with E-state index in [1.165, 1.54) is 11.1 Å². The molecule has 0 bridgehead atoms. The average Bonchev–Trinajstić information content (AvgIpc) is 3.07. The van der Waals surface area contributed by atoms with E-state index in [1.54, 1.807) is 12.1 Å². The van der Waals surface area contributed by atoms with E-state index in [1.807, 2.05) is 42.5 Å². The molecule has 0 fully saturated rings. The number of benzene rings is 3. The van der Waals surface area contributed by atoms with Crippen LogP contribution in [-0.2, 0) is 13.1 Å². The zero-order valence-electron chi connectivity index (χ0n) is 19.0. The normalized spacial score (nSPS) is 12.8. The number of nitrogens with one attached hydrogen (secondary N) is 2. The third-order valence-corrected chi connectivity index (χ3v) is 5.38. The van der Waals surface area contributed by atoms with Crippen molar-refractivity contribution in [1.29, 1.82) is 0 Å². The first-order valence-electron chi connectivity index (χ1n) is 11.0. The predicted molar refractivity (Wildman–Crippen MR) is 145 cm³/mol. The van der Waals surface area contributed by atoms with Gasteiger partial charge in [-0.2, -0.15) is 0 Å². The number of aliphatic imine (C=N–C) groups is 1. The summed E-state index contributed by atoms with van der Waals surface area (Å²) >= 11 is 0. The number of ether oxygens (including phenoxy) is 2. The molecule has 3 aromatic carbocycles. The number of fused-ring (bicyclic) bond motifs is 1. The molecular weight excluding hydrogens is 543 g/mol. The van der Waals surface area contributed by atoms with Gasteiger partial charge in [0.15, 0.2) is 17.5 Å². The topological polar surface area (TPSA) is 98.0 Å².